The molecule has 0 heterocycles. The minimum atomic E-state index is -0.935. The summed E-state index contributed by atoms with van der Waals surface area (Å²) in [5.74, 6) is -0.935. The van der Waals surface area contributed by atoms with E-state index in [0.29, 0.717) is 0 Å². The quantitative estimate of drug-likeness (QED) is 0.433. The van der Waals surface area contributed by atoms with Crippen LogP contribution in [0.15, 0.2) is 12.2 Å². The molecule has 0 aliphatic heterocycles. The van der Waals surface area contributed by atoms with Gasteiger partial charge < -0.3 is 9.84 Å². The van der Waals surface area contributed by atoms with E-state index in [1.807, 2.05) is 0 Å². The molecule has 0 amide bonds. The Labute approximate surface area is 119 Å². The molecule has 0 aromatic heterocycles. The summed E-state index contributed by atoms with van der Waals surface area (Å²) in [6.07, 6.45) is 10.5. The molecule has 0 atom stereocenters. The zero-order chi connectivity index (χ0) is 14.9. The molecule has 0 bridgehead atoms. The first kappa shape index (κ1) is 20.5. The highest BCUT2D eigenvalue weighted by molar-refractivity contribution is 5.84. The summed E-state index contributed by atoms with van der Waals surface area (Å²) in [4.78, 5) is 9.60. The van der Waals surface area contributed by atoms with E-state index in [1.165, 1.54) is 58.3 Å². The van der Waals surface area contributed by atoms with E-state index in [1.54, 1.807) is 0 Å². The summed E-state index contributed by atoms with van der Waals surface area (Å²) in [5.41, 5.74) is 0.176. The van der Waals surface area contributed by atoms with E-state index in [-0.39, 0.29) is 5.57 Å². The summed E-state index contributed by atoms with van der Waals surface area (Å²) in [7, 11) is 0. The normalized spacial score (nSPS) is 9.63. The van der Waals surface area contributed by atoms with Crippen molar-refractivity contribution in [3.05, 3.63) is 12.2 Å². The number of carboxylic acid groups (broad SMARTS) is 1. The Balaban J connectivity index is 0. The van der Waals surface area contributed by atoms with Crippen molar-refractivity contribution in [2.45, 2.75) is 72.1 Å². The van der Waals surface area contributed by atoms with Crippen molar-refractivity contribution in [1.82, 2.24) is 0 Å². The maximum atomic E-state index is 9.60. The van der Waals surface area contributed by atoms with Crippen LogP contribution in [0.5, 0.6) is 0 Å². The molecular weight excluding hydrogens is 240 g/mol. The molecule has 0 unspecified atom stereocenters. The maximum absolute atomic E-state index is 9.60. The van der Waals surface area contributed by atoms with E-state index < -0.39 is 5.97 Å². The molecule has 19 heavy (non-hydrogen) atoms. The first-order valence-electron chi connectivity index (χ1n) is 7.52. The molecule has 0 aromatic carbocycles. The van der Waals surface area contributed by atoms with Gasteiger partial charge in [-0.25, -0.2) is 4.79 Å². The fourth-order valence-electron chi connectivity index (χ4n) is 1.36. The maximum Gasteiger partial charge on any atom is 0.330 e. The van der Waals surface area contributed by atoms with Gasteiger partial charge in [-0.2, -0.15) is 0 Å². The topological polar surface area (TPSA) is 46.5 Å². The molecule has 0 fully saturated rings. The van der Waals surface area contributed by atoms with Gasteiger partial charge >= 0.3 is 5.97 Å². The molecule has 114 valence electrons. The van der Waals surface area contributed by atoms with Crippen LogP contribution in [0.4, 0.5) is 0 Å². The molecule has 0 aromatic rings. The van der Waals surface area contributed by atoms with Crippen molar-refractivity contribution < 1.29 is 14.6 Å². The molecule has 0 radical (unpaired) electrons. The summed E-state index contributed by atoms with van der Waals surface area (Å²) in [5, 5.41) is 7.89. The number of rotatable bonds is 11. The summed E-state index contributed by atoms with van der Waals surface area (Å²) >= 11 is 0. The van der Waals surface area contributed by atoms with Crippen LogP contribution in [0, 0.1) is 0 Å². The third-order valence-corrected chi connectivity index (χ3v) is 2.65. The zero-order valence-corrected chi connectivity index (χ0v) is 13.0. The summed E-state index contributed by atoms with van der Waals surface area (Å²) < 4.78 is 5.53. The average Bonchev–Trinajstić information content (AvgIpc) is 2.37. The molecule has 0 aliphatic carbocycles. The predicted molar refractivity (Wildman–Crippen MR) is 81.6 cm³/mol. The van der Waals surface area contributed by atoms with Crippen molar-refractivity contribution in [3.63, 3.8) is 0 Å². The van der Waals surface area contributed by atoms with Gasteiger partial charge in [-0.1, -0.05) is 59.0 Å². The van der Waals surface area contributed by atoms with E-state index in [9.17, 15) is 4.79 Å². The molecule has 3 heteroatoms. The van der Waals surface area contributed by atoms with Crippen LogP contribution in [0.2, 0.25) is 0 Å². The molecule has 0 rings (SSSR count). The largest absolute Gasteiger partial charge is 0.478 e. The highest BCUT2D eigenvalue weighted by atomic mass is 16.5. The highest BCUT2D eigenvalue weighted by Crippen LogP contribution is 2.01. The van der Waals surface area contributed by atoms with Gasteiger partial charge in [0.1, 0.15) is 0 Å². The second kappa shape index (κ2) is 17.2. The van der Waals surface area contributed by atoms with Crippen LogP contribution in [0.3, 0.4) is 0 Å². The smallest absolute Gasteiger partial charge is 0.330 e. The second-order valence-electron chi connectivity index (χ2n) is 4.82. The Morgan fingerprint density at radius 2 is 1.32 bits per heavy atom. The monoisotopic (exact) mass is 272 g/mol. The van der Waals surface area contributed by atoms with Crippen molar-refractivity contribution in [2.75, 3.05) is 13.2 Å². The molecule has 0 spiro atoms. The lowest BCUT2D eigenvalue weighted by Gasteiger charge is -2.03. The first-order chi connectivity index (χ1) is 9.06. The van der Waals surface area contributed by atoms with E-state index in [2.05, 4.69) is 20.4 Å². The zero-order valence-electron chi connectivity index (χ0n) is 13.0. The Kier molecular flexibility index (Phi) is 18.5. The molecule has 0 saturated carbocycles. The predicted octanol–water partition coefficient (Wildman–Crippen LogP) is 4.81. The van der Waals surface area contributed by atoms with Gasteiger partial charge in [0.15, 0.2) is 0 Å². The lowest BCUT2D eigenvalue weighted by Crippen LogP contribution is -1.96. The van der Waals surface area contributed by atoms with Crippen LogP contribution in [0.1, 0.15) is 72.1 Å². The molecule has 3 nitrogen and oxygen atoms in total. The number of hydrogen-bond donors (Lipinski definition) is 1. The Bertz CT molecular complexity index is 190. The Hall–Kier alpha value is -0.830. The summed E-state index contributed by atoms with van der Waals surface area (Å²) in [6, 6.07) is 0. The SMILES string of the molecule is C=C(C)C(=O)O.CCCCCCOCCCCCC. The van der Waals surface area contributed by atoms with Gasteiger partial charge in [0.05, 0.1) is 0 Å². The van der Waals surface area contributed by atoms with E-state index in [0.717, 1.165) is 13.2 Å². The Morgan fingerprint density at radius 1 is 0.947 bits per heavy atom. The molecule has 0 aliphatic rings. The fraction of sp³-hybridized carbons (Fsp3) is 0.812. The number of aliphatic carboxylic acids is 1. The standard InChI is InChI=1S/C12H26O.C4H6O2/c1-3-5-7-9-11-13-12-10-8-6-4-2;1-3(2)4(5)6/h3-12H2,1-2H3;1H2,2H3,(H,5,6). The highest BCUT2D eigenvalue weighted by Gasteiger charge is 1.91. The van der Waals surface area contributed by atoms with Gasteiger partial charge in [0, 0.05) is 18.8 Å². The average molecular weight is 272 g/mol. The number of hydrogen-bond acceptors (Lipinski definition) is 2. The lowest BCUT2D eigenvalue weighted by molar-refractivity contribution is -0.132. The minimum Gasteiger partial charge on any atom is -0.478 e. The number of ether oxygens (including phenoxy) is 1. The second-order valence-corrected chi connectivity index (χ2v) is 4.82. The van der Waals surface area contributed by atoms with Crippen molar-refractivity contribution in [2.24, 2.45) is 0 Å². The molecular formula is C16H32O3. The van der Waals surface area contributed by atoms with Gasteiger partial charge in [-0.3, -0.25) is 0 Å². The van der Waals surface area contributed by atoms with Gasteiger partial charge in [0.25, 0.3) is 0 Å². The molecule has 0 saturated heterocycles. The third-order valence-electron chi connectivity index (χ3n) is 2.65. The van der Waals surface area contributed by atoms with Gasteiger partial charge in [-0.05, 0) is 19.8 Å². The molecule has 1 N–H and O–H groups in total. The fourth-order valence-corrected chi connectivity index (χ4v) is 1.36. The van der Waals surface area contributed by atoms with Crippen LogP contribution < -0.4 is 0 Å². The summed E-state index contributed by atoms with van der Waals surface area (Å²) in [6.45, 7) is 11.0. The van der Waals surface area contributed by atoms with E-state index >= 15 is 0 Å². The third kappa shape index (κ3) is 22.8. The number of carboxylic acids is 1. The van der Waals surface area contributed by atoms with Crippen LogP contribution in [0.25, 0.3) is 0 Å². The number of unbranched alkanes of at least 4 members (excludes halogenated alkanes) is 6. The minimum absolute atomic E-state index is 0.176. The van der Waals surface area contributed by atoms with Crippen LogP contribution in [-0.2, 0) is 9.53 Å². The Morgan fingerprint density at radius 3 is 1.58 bits per heavy atom. The lowest BCUT2D eigenvalue weighted by atomic mass is 10.2. The van der Waals surface area contributed by atoms with Crippen LogP contribution >= 0.6 is 0 Å². The van der Waals surface area contributed by atoms with Crippen molar-refractivity contribution >= 4 is 5.97 Å². The number of carbonyl (C=O) groups is 1. The van der Waals surface area contributed by atoms with Crippen molar-refractivity contribution in [3.8, 4) is 0 Å². The van der Waals surface area contributed by atoms with E-state index in [4.69, 9.17) is 9.84 Å². The van der Waals surface area contributed by atoms with Crippen LogP contribution in [-0.4, -0.2) is 24.3 Å². The van der Waals surface area contributed by atoms with Gasteiger partial charge in [-0.15, -0.1) is 0 Å². The first-order valence-corrected chi connectivity index (χ1v) is 7.52. The van der Waals surface area contributed by atoms with Gasteiger partial charge in [0.2, 0.25) is 0 Å². The van der Waals surface area contributed by atoms with Crippen molar-refractivity contribution in [1.29, 1.82) is 0 Å².